The molecule has 178 valence electrons. The second kappa shape index (κ2) is 8.04. The molecule has 0 spiro atoms. The Bertz CT molecular complexity index is 1450. The lowest BCUT2D eigenvalue weighted by Gasteiger charge is -2.22. The fraction of sp³-hybridized carbons (Fsp3) is 0.231. The van der Waals surface area contributed by atoms with E-state index in [4.69, 9.17) is 13.9 Å². The number of halogens is 3. The third kappa shape index (κ3) is 3.86. The predicted octanol–water partition coefficient (Wildman–Crippen LogP) is 6.22. The Balaban J connectivity index is 1.29. The van der Waals surface area contributed by atoms with Gasteiger partial charge in [-0.05, 0) is 66.4 Å². The zero-order valence-electron chi connectivity index (χ0n) is 18.3. The van der Waals surface area contributed by atoms with Crippen molar-refractivity contribution in [2.24, 2.45) is 0 Å². The number of carbonyl (C=O) groups is 1. The molecule has 4 aromatic rings. The van der Waals surface area contributed by atoms with Gasteiger partial charge in [-0.1, -0.05) is 18.2 Å². The molecule has 3 aromatic carbocycles. The molecule has 1 amide bonds. The molecule has 0 N–H and O–H groups in total. The Morgan fingerprint density at radius 3 is 2.66 bits per heavy atom. The van der Waals surface area contributed by atoms with Crippen molar-refractivity contribution in [2.75, 3.05) is 13.3 Å². The molecule has 3 heterocycles. The highest BCUT2D eigenvalue weighted by Crippen LogP contribution is 2.38. The molecule has 0 unspecified atom stereocenters. The maximum atomic E-state index is 13.3. The van der Waals surface area contributed by atoms with E-state index in [1.807, 2.05) is 0 Å². The van der Waals surface area contributed by atoms with Crippen LogP contribution in [-0.4, -0.2) is 29.1 Å². The average molecular weight is 480 g/mol. The van der Waals surface area contributed by atoms with E-state index in [9.17, 15) is 18.0 Å². The number of oxazole rings is 1. The highest BCUT2D eigenvalue weighted by molar-refractivity contribution is 5.95. The normalized spacial score (nSPS) is 17.3. The second-order valence-electron chi connectivity index (χ2n) is 8.54. The van der Waals surface area contributed by atoms with Crippen molar-refractivity contribution in [1.29, 1.82) is 0 Å². The van der Waals surface area contributed by atoms with Crippen LogP contribution in [0.1, 0.15) is 40.7 Å². The Labute approximate surface area is 197 Å². The number of amides is 1. The van der Waals surface area contributed by atoms with Crippen molar-refractivity contribution in [3.05, 3.63) is 77.7 Å². The van der Waals surface area contributed by atoms with E-state index in [2.05, 4.69) is 4.98 Å². The summed E-state index contributed by atoms with van der Waals surface area (Å²) < 4.78 is 56.1. The molecule has 2 aliphatic heterocycles. The maximum absolute atomic E-state index is 13.3. The Hall–Kier alpha value is -4.01. The van der Waals surface area contributed by atoms with Crippen molar-refractivity contribution in [3.8, 4) is 22.6 Å². The molecule has 0 bridgehead atoms. The summed E-state index contributed by atoms with van der Waals surface area (Å²) in [7, 11) is 0. The van der Waals surface area contributed by atoms with E-state index < -0.39 is 11.7 Å². The minimum Gasteiger partial charge on any atom is -0.454 e. The number of hydrogen-bond donors (Lipinski definition) is 0. The zero-order valence-corrected chi connectivity index (χ0v) is 18.3. The van der Waals surface area contributed by atoms with Crippen LogP contribution in [0.4, 0.5) is 13.2 Å². The minimum absolute atomic E-state index is 0.130. The molecule has 0 saturated carbocycles. The molecule has 1 fully saturated rings. The van der Waals surface area contributed by atoms with E-state index in [0.29, 0.717) is 58.1 Å². The fourth-order valence-corrected chi connectivity index (χ4v) is 4.60. The summed E-state index contributed by atoms with van der Waals surface area (Å²) in [6, 6.07) is 15.0. The average Bonchev–Trinajstić information content (AvgIpc) is 3.61. The summed E-state index contributed by atoms with van der Waals surface area (Å²) in [6.07, 6.45) is -2.92. The number of aromatic nitrogens is 1. The lowest BCUT2D eigenvalue weighted by molar-refractivity contribution is -0.137. The number of hydrogen-bond acceptors (Lipinski definition) is 5. The highest BCUT2D eigenvalue weighted by atomic mass is 19.4. The van der Waals surface area contributed by atoms with Crippen molar-refractivity contribution in [3.63, 3.8) is 0 Å². The number of ether oxygens (including phenoxy) is 2. The van der Waals surface area contributed by atoms with Gasteiger partial charge in [0.15, 0.2) is 17.1 Å². The van der Waals surface area contributed by atoms with Gasteiger partial charge >= 0.3 is 6.18 Å². The van der Waals surface area contributed by atoms with Crippen LogP contribution in [0.2, 0.25) is 0 Å². The quantitative estimate of drug-likeness (QED) is 0.348. The number of fused-ring (bicyclic) bond motifs is 2. The Kier molecular flexibility index (Phi) is 4.94. The summed E-state index contributed by atoms with van der Waals surface area (Å²) in [5.41, 5.74) is 1.86. The Morgan fingerprint density at radius 1 is 0.971 bits per heavy atom. The first kappa shape index (κ1) is 21.5. The summed E-state index contributed by atoms with van der Waals surface area (Å²) in [6.45, 7) is 0.691. The van der Waals surface area contributed by atoms with Crippen LogP contribution in [0.25, 0.3) is 22.2 Å². The van der Waals surface area contributed by atoms with Gasteiger partial charge in [-0.2, -0.15) is 13.2 Å². The SMILES string of the molecule is O=C(c1ccc2c(c1)OCO2)N1CCC[C@H]1c1nc2cc(-c3cccc(C(F)(F)F)c3)ccc2o1. The zero-order chi connectivity index (χ0) is 24.2. The second-order valence-corrected chi connectivity index (χ2v) is 8.54. The minimum atomic E-state index is -4.42. The molecule has 1 aromatic heterocycles. The Morgan fingerprint density at radius 2 is 1.80 bits per heavy atom. The first-order valence-electron chi connectivity index (χ1n) is 11.2. The first-order chi connectivity index (χ1) is 16.9. The fourth-order valence-electron chi connectivity index (χ4n) is 4.60. The molecular formula is C26H19F3N2O4. The molecule has 0 aliphatic carbocycles. The topological polar surface area (TPSA) is 64.8 Å². The summed E-state index contributed by atoms with van der Waals surface area (Å²) in [4.78, 5) is 19.6. The maximum Gasteiger partial charge on any atom is 0.416 e. The van der Waals surface area contributed by atoms with Crippen molar-refractivity contribution < 1.29 is 31.9 Å². The number of benzene rings is 3. The number of nitrogens with zero attached hydrogens (tertiary/aromatic N) is 2. The van der Waals surface area contributed by atoms with Crippen LogP contribution >= 0.6 is 0 Å². The van der Waals surface area contributed by atoms with Crippen molar-refractivity contribution in [1.82, 2.24) is 9.88 Å². The van der Waals surface area contributed by atoms with Crippen molar-refractivity contribution >= 4 is 17.0 Å². The van der Waals surface area contributed by atoms with E-state index in [0.717, 1.165) is 18.6 Å². The standard InChI is InChI=1S/C26H19F3N2O4/c27-26(28,29)18-4-1-3-15(11-18)16-6-8-21-19(12-16)30-24(35-21)20-5-2-10-31(20)25(32)17-7-9-22-23(13-17)34-14-33-22/h1,3-4,6-9,11-13,20H,2,5,10,14H2/t20-/m0/s1. The van der Waals surface area contributed by atoms with Gasteiger partial charge in [0.1, 0.15) is 11.6 Å². The van der Waals surface area contributed by atoms with Crippen LogP contribution < -0.4 is 9.47 Å². The van der Waals surface area contributed by atoms with E-state index >= 15 is 0 Å². The van der Waals surface area contributed by atoms with Crippen LogP contribution in [0.5, 0.6) is 11.5 Å². The molecule has 1 saturated heterocycles. The van der Waals surface area contributed by atoms with Gasteiger partial charge in [0, 0.05) is 12.1 Å². The molecule has 1 atom stereocenters. The summed E-state index contributed by atoms with van der Waals surface area (Å²) in [5.74, 6) is 1.40. The molecule has 0 radical (unpaired) electrons. The predicted molar refractivity (Wildman–Crippen MR) is 120 cm³/mol. The molecular weight excluding hydrogens is 461 g/mol. The van der Waals surface area contributed by atoms with E-state index in [-0.39, 0.29) is 18.7 Å². The van der Waals surface area contributed by atoms with Crippen LogP contribution in [0.15, 0.2) is 65.1 Å². The summed E-state index contributed by atoms with van der Waals surface area (Å²) in [5, 5.41) is 0. The van der Waals surface area contributed by atoms with Gasteiger partial charge in [0.25, 0.3) is 5.91 Å². The summed E-state index contributed by atoms with van der Waals surface area (Å²) >= 11 is 0. The van der Waals surface area contributed by atoms with Gasteiger partial charge in [-0.25, -0.2) is 4.98 Å². The van der Waals surface area contributed by atoms with Crippen LogP contribution in [0.3, 0.4) is 0 Å². The third-order valence-corrected chi connectivity index (χ3v) is 6.35. The first-order valence-corrected chi connectivity index (χ1v) is 11.2. The number of alkyl halides is 3. The molecule has 6 nitrogen and oxygen atoms in total. The number of carbonyl (C=O) groups excluding carboxylic acids is 1. The molecule has 35 heavy (non-hydrogen) atoms. The van der Waals surface area contributed by atoms with Crippen molar-refractivity contribution in [2.45, 2.75) is 25.1 Å². The van der Waals surface area contributed by atoms with Gasteiger partial charge in [0.2, 0.25) is 12.7 Å². The molecule has 2 aliphatic rings. The molecule has 9 heteroatoms. The van der Waals surface area contributed by atoms with Gasteiger partial charge in [-0.15, -0.1) is 0 Å². The lowest BCUT2D eigenvalue weighted by Crippen LogP contribution is -2.30. The van der Waals surface area contributed by atoms with Gasteiger partial charge in [0.05, 0.1) is 5.56 Å². The van der Waals surface area contributed by atoms with E-state index in [1.165, 1.54) is 6.07 Å². The third-order valence-electron chi connectivity index (χ3n) is 6.35. The number of likely N-dealkylation sites (tertiary alicyclic amines) is 1. The molecule has 6 rings (SSSR count). The monoisotopic (exact) mass is 480 g/mol. The smallest absolute Gasteiger partial charge is 0.416 e. The number of rotatable bonds is 3. The van der Waals surface area contributed by atoms with Crippen LogP contribution in [-0.2, 0) is 6.18 Å². The largest absolute Gasteiger partial charge is 0.454 e. The van der Waals surface area contributed by atoms with Crippen LogP contribution in [0, 0.1) is 0 Å². The van der Waals surface area contributed by atoms with E-state index in [1.54, 1.807) is 47.4 Å². The highest BCUT2D eigenvalue weighted by Gasteiger charge is 2.35. The van der Waals surface area contributed by atoms with Gasteiger partial charge < -0.3 is 18.8 Å². The lowest BCUT2D eigenvalue weighted by atomic mass is 10.0. The van der Waals surface area contributed by atoms with Gasteiger partial charge in [-0.3, -0.25) is 4.79 Å².